The lowest BCUT2D eigenvalue weighted by molar-refractivity contribution is -0.136. The zero-order chi connectivity index (χ0) is 17.0. The number of hydrogen-bond donors (Lipinski definition) is 3. The molecule has 6 heteroatoms. The Hall–Kier alpha value is -2.44. The third-order valence-electron chi connectivity index (χ3n) is 3.16. The molecule has 0 saturated heterocycles. The summed E-state index contributed by atoms with van der Waals surface area (Å²) in [6.07, 6.45) is -0.121. The first-order valence-electron chi connectivity index (χ1n) is 7.17. The number of rotatable bonds is 5. The highest BCUT2D eigenvalue weighted by atomic mass is 16.5. The summed E-state index contributed by atoms with van der Waals surface area (Å²) in [7, 11) is 0. The van der Waals surface area contributed by atoms with Crippen LogP contribution >= 0.6 is 0 Å². The average molecular weight is 316 g/mol. The van der Waals surface area contributed by atoms with Crippen molar-refractivity contribution in [2.75, 3.05) is 5.32 Å². The van der Waals surface area contributed by atoms with Crippen LogP contribution in [0.3, 0.4) is 0 Å². The van der Waals surface area contributed by atoms with Crippen LogP contribution in [0.15, 0.2) is 42.6 Å². The zero-order valence-electron chi connectivity index (χ0n) is 13.3. The van der Waals surface area contributed by atoms with Crippen LogP contribution in [0.2, 0.25) is 0 Å². The molecule has 2 aromatic rings. The number of anilines is 1. The molecule has 23 heavy (non-hydrogen) atoms. The summed E-state index contributed by atoms with van der Waals surface area (Å²) in [5.41, 5.74) is 0.00900. The van der Waals surface area contributed by atoms with Crippen molar-refractivity contribution in [3.05, 3.63) is 48.2 Å². The highest BCUT2D eigenvalue weighted by Gasteiger charge is 2.31. The van der Waals surface area contributed by atoms with E-state index in [1.165, 1.54) is 20.0 Å². The number of aromatic nitrogens is 1. The van der Waals surface area contributed by atoms with Crippen LogP contribution < -0.4 is 10.1 Å². The van der Waals surface area contributed by atoms with E-state index in [-0.39, 0.29) is 0 Å². The fraction of sp³-hybridized carbons (Fsp3) is 0.294. The Labute approximate surface area is 134 Å². The Morgan fingerprint density at radius 2 is 1.87 bits per heavy atom. The number of ether oxygens (including phenoxy) is 1. The van der Waals surface area contributed by atoms with Gasteiger partial charge in [0.25, 0.3) is 5.91 Å². The molecule has 1 atom stereocenters. The maximum atomic E-state index is 11.8. The number of benzene rings is 1. The molecule has 2 rings (SSSR count). The van der Waals surface area contributed by atoms with E-state index < -0.39 is 17.6 Å². The third-order valence-corrected chi connectivity index (χ3v) is 3.16. The Bertz CT molecular complexity index is 660. The van der Waals surface area contributed by atoms with Gasteiger partial charge < -0.3 is 20.3 Å². The number of hydrogen-bond acceptors (Lipinski definition) is 5. The van der Waals surface area contributed by atoms with Gasteiger partial charge in [-0.15, -0.1) is 0 Å². The molecule has 0 radical (unpaired) electrons. The Morgan fingerprint density at radius 3 is 2.39 bits per heavy atom. The smallest absolute Gasteiger partial charge is 0.256 e. The molecule has 0 fully saturated rings. The molecule has 1 unspecified atom stereocenters. The summed E-state index contributed by atoms with van der Waals surface area (Å²) in [5, 5.41) is 21.8. The molecule has 3 N–H and O–H groups in total. The lowest BCUT2D eigenvalue weighted by Gasteiger charge is -2.23. The normalized spacial score (nSPS) is 12.6. The van der Waals surface area contributed by atoms with Crippen molar-refractivity contribution in [1.29, 1.82) is 0 Å². The van der Waals surface area contributed by atoms with E-state index in [1.54, 1.807) is 12.1 Å². The molecule has 1 aromatic carbocycles. The number of carbonyl (C=O) groups is 1. The molecule has 0 spiro atoms. The Balaban J connectivity index is 1.99. The molecule has 0 aliphatic rings. The number of aliphatic hydroxyl groups is 2. The molecule has 0 aliphatic carbocycles. The lowest BCUT2D eigenvalue weighted by atomic mass is 10.0. The summed E-state index contributed by atoms with van der Waals surface area (Å²) in [6.45, 7) is 4.70. The predicted molar refractivity (Wildman–Crippen MR) is 86.4 cm³/mol. The van der Waals surface area contributed by atoms with Gasteiger partial charge in [-0.05, 0) is 39.0 Å². The molecule has 1 aromatic heterocycles. The first kappa shape index (κ1) is 16.9. The number of carbonyl (C=O) groups excluding carboxylic acids is 1. The van der Waals surface area contributed by atoms with Crippen LogP contribution in [0.5, 0.6) is 11.6 Å². The van der Waals surface area contributed by atoms with Crippen LogP contribution in [0.4, 0.5) is 5.69 Å². The molecular formula is C17H20N2O4. The van der Waals surface area contributed by atoms with Crippen LogP contribution in [0.25, 0.3) is 0 Å². The van der Waals surface area contributed by atoms with Crippen LogP contribution in [-0.4, -0.2) is 32.8 Å². The van der Waals surface area contributed by atoms with Gasteiger partial charge in [0.05, 0.1) is 17.5 Å². The summed E-state index contributed by atoms with van der Waals surface area (Å²) in [6, 6.07) is 10.8. The van der Waals surface area contributed by atoms with Crippen LogP contribution in [0.1, 0.15) is 19.4 Å². The minimum Gasteiger partial charge on any atom is -0.439 e. The SMILES string of the molecule is Cc1ccc(Oc2ccc(NC(=O)C(O)C(C)(C)O)cn2)cc1. The molecule has 0 saturated carbocycles. The van der Waals surface area contributed by atoms with Crippen molar-refractivity contribution >= 4 is 11.6 Å². The van der Waals surface area contributed by atoms with Gasteiger partial charge >= 0.3 is 0 Å². The highest BCUT2D eigenvalue weighted by Crippen LogP contribution is 2.21. The summed E-state index contributed by atoms with van der Waals surface area (Å²) >= 11 is 0. The Morgan fingerprint density at radius 1 is 1.22 bits per heavy atom. The minimum absolute atomic E-state index is 0.384. The molecule has 122 valence electrons. The van der Waals surface area contributed by atoms with Gasteiger partial charge in [-0.2, -0.15) is 0 Å². The number of nitrogens with zero attached hydrogens (tertiary/aromatic N) is 1. The van der Waals surface area contributed by atoms with Gasteiger partial charge in [-0.1, -0.05) is 17.7 Å². The van der Waals surface area contributed by atoms with Gasteiger partial charge in [0.15, 0.2) is 6.10 Å². The van der Waals surface area contributed by atoms with E-state index >= 15 is 0 Å². The van der Waals surface area contributed by atoms with Gasteiger partial charge in [-0.25, -0.2) is 4.98 Å². The monoisotopic (exact) mass is 316 g/mol. The fourth-order valence-corrected chi connectivity index (χ4v) is 1.77. The standard InChI is InChI=1S/C17H20N2O4/c1-11-4-7-13(8-5-11)23-14-9-6-12(10-18-14)19-16(21)15(20)17(2,3)22/h4-10,15,20,22H,1-3H3,(H,19,21). The second-order valence-corrected chi connectivity index (χ2v) is 5.85. The van der Waals surface area contributed by atoms with E-state index in [0.717, 1.165) is 5.56 Å². The molecule has 0 bridgehead atoms. The van der Waals surface area contributed by atoms with E-state index in [9.17, 15) is 15.0 Å². The number of nitrogens with one attached hydrogen (secondary N) is 1. The quantitative estimate of drug-likeness (QED) is 0.787. The first-order chi connectivity index (χ1) is 10.8. The van der Waals surface area contributed by atoms with Crippen molar-refractivity contribution in [1.82, 2.24) is 4.98 Å². The van der Waals surface area contributed by atoms with Crippen molar-refractivity contribution < 1.29 is 19.7 Å². The lowest BCUT2D eigenvalue weighted by Crippen LogP contribution is -2.44. The van der Waals surface area contributed by atoms with E-state index in [1.807, 2.05) is 31.2 Å². The molecular weight excluding hydrogens is 296 g/mol. The maximum absolute atomic E-state index is 11.8. The van der Waals surface area contributed by atoms with Crippen molar-refractivity contribution in [3.8, 4) is 11.6 Å². The fourth-order valence-electron chi connectivity index (χ4n) is 1.77. The van der Waals surface area contributed by atoms with Gasteiger partial charge in [0.2, 0.25) is 5.88 Å². The summed E-state index contributed by atoms with van der Waals surface area (Å²) < 4.78 is 5.58. The maximum Gasteiger partial charge on any atom is 0.256 e. The largest absolute Gasteiger partial charge is 0.439 e. The topological polar surface area (TPSA) is 91.7 Å². The van der Waals surface area contributed by atoms with Crippen molar-refractivity contribution in [2.24, 2.45) is 0 Å². The Kier molecular flexibility index (Phi) is 4.98. The van der Waals surface area contributed by atoms with E-state index in [2.05, 4.69) is 10.3 Å². The first-order valence-corrected chi connectivity index (χ1v) is 7.17. The van der Waals surface area contributed by atoms with Crippen molar-refractivity contribution in [2.45, 2.75) is 32.5 Å². The van der Waals surface area contributed by atoms with Gasteiger partial charge in [0, 0.05) is 6.07 Å². The van der Waals surface area contributed by atoms with Crippen LogP contribution in [0, 0.1) is 6.92 Å². The number of pyridine rings is 1. The highest BCUT2D eigenvalue weighted by molar-refractivity contribution is 5.94. The third kappa shape index (κ3) is 4.77. The van der Waals surface area contributed by atoms with Crippen molar-refractivity contribution in [3.63, 3.8) is 0 Å². The van der Waals surface area contributed by atoms with Crippen LogP contribution in [-0.2, 0) is 4.79 Å². The number of aliphatic hydroxyl groups excluding tert-OH is 1. The second kappa shape index (κ2) is 6.76. The number of amides is 1. The summed E-state index contributed by atoms with van der Waals surface area (Å²) in [4.78, 5) is 15.9. The number of aryl methyl sites for hydroxylation is 1. The molecule has 1 amide bonds. The van der Waals surface area contributed by atoms with E-state index in [4.69, 9.17) is 4.74 Å². The minimum atomic E-state index is -1.54. The predicted octanol–water partition coefficient (Wildman–Crippen LogP) is 2.25. The molecule has 1 heterocycles. The van der Waals surface area contributed by atoms with E-state index in [0.29, 0.717) is 17.3 Å². The summed E-state index contributed by atoms with van der Waals surface area (Å²) in [5.74, 6) is 0.346. The molecule has 0 aliphatic heterocycles. The average Bonchev–Trinajstić information content (AvgIpc) is 2.50. The second-order valence-electron chi connectivity index (χ2n) is 5.85. The van der Waals surface area contributed by atoms with Gasteiger partial charge in [0.1, 0.15) is 5.75 Å². The zero-order valence-corrected chi connectivity index (χ0v) is 13.3. The molecule has 6 nitrogen and oxygen atoms in total. The van der Waals surface area contributed by atoms with Gasteiger partial charge in [-0.3, -0.25) is 4.79 Å².